The Morgan fingerprint density at radius 2 is 2.00 bits per heavy atom. The van der Waals surface area contributed by atoms with Gasteiger partial charge < -0.3 is 19.9 Å². The van der Waals surface area contributed by atoms with Crippen molar-refractivity contribution in [2.75, 3.05) is 27.4 Å². The number of rotatable bonds is 9. The lowest BCUT2D eigenvalue weighted by molar-refractivity contribution is 0.170. The van der Waals surface area contributed by atoms with Gasteiger partial charge in [0.15, 0.2) is 11.5 Å². The summed E-state index contributed by atoms with van der Waals surface area (Å²) in [6.07, 6.45) is 2.60. The van der Waals surface area contributed by atoms with E-state index in [-0.39, 0.29) is 6.04 Å². The van der Waals surface area contributed by atoms with Crippen LogP contribution in [-0.4, -0.2) is 33.5 Å². The first-order valence-corrected chi connectivity index (χ1v) is 6.76. The van der Waals surface area contributed by atoms with Gasteiger partial charge in [-0.15, -0.1) is 0 Å². The van der Waals surface area contributed by atoms with Crippen molar-refractivity contribution in [3.63, 3.8) is 0 Å². The first-order valence-electron chi connectivity index (χ1n) is 6.76. The van der Waals surface area contributed by atoms with Crippen LogP contribution in [-0.2, 0) is 11.2 Å². The summed E-state index contributed by atoms with van der Waals surface area (Å²) in [6.45, 7) is 3.39. The third-order valence-electron chi connectivity index (χ3n) is 3.03. The Kier molecular flexibility index (Phi) is 7.30. The second kappa shape index (κ2) is 8.77. The fourth-order valence-electron chi connectivity index (χ4n) is 1.85. The molecule has 1 aromatic rings. The zero-order chi connectivity index (χ0) is 14.1. The SMILES string of the molecule is CCC(N)Cc1cccc(OC)c1OCCCOC. The van der Waals surface area contributed by atoms with Gasteiger partial charge in [0.2, 0.25) is 0 Å². The van der Waals surface area contributed by atoms with Crippen molar-refractivity contribution in [2.45, 2.75) is 32.2 Å². The van der Waals surface area contributed by atoms with Crippen LogP contribution in [0.2, 0.25) is 0 Å². The van der Waals surface area contributed by atoms with E-state index < -0.39 is 0 Å². The van der Waals surface area contributed by atoms with Crippen LogP contribution >= 0.6 is 0 Å². The summed E-state index contributed by atoms with van der Waals surface area (Å²) >= 11 is 0. The second-order valence-electron chi connectivity index (χ2n) is 4.52. The molecular formula is C15H25NO3. The monoisotopic (exact) mass is 267 g/mol. The van der Waals surface area contributed by atoms with Crippen LogP contribution in [0.4, 0.5) is 0 Å². The first-order chi connectivity index (χ1) is 9.22. The zero-order valence-electron chi connectivity index (χ0n) is 12.1. The molecule has 108 valence electrons. The van der Waals surface area contributed by atoms with Crippen molar-refractivity contribution in [1.82, 2.24) is 0 Å². The Labute approximate surface area is 115 Å². The van der Waals surface area contributed by atoms with Gasteiger partial charge in [-0.3, -0.25) is 0 Å². The molecule has 0 aliphatic carbocycles. The van der Waals surface area contributed by atoms with Gasteiger partial charge in [-0.25, -0.2) is 0 Å². The lowest BCUT2D eigenvalue weighted by Crippen LogP contribution is -2.22. The smallest absolute Gasteiger partial charge is 0.164 e. The summed E-state index contributed by atoms with van der Waals surface area (Å²) in [5, 5.41) is 0. The van der Waals surface area contributed by atoms with Gasteiger partial charge in [-0.2, -0.15) is 0 Å². The number of hydrogen-bond donors (Lipinski definition) is 1. The average Bonchev–Trinajstić information content (AvgIpc) is 2.44. The minimum absolute atomic E-state index is 0.147. The van der Waals surface area contributed by atoms with Gasteiger partial charge in [0, 0.05) is 26.2 Å². The maximum absolute atomic E-state index is 6.03. The van der Waals surface area contributed by atoms with E-state index in [2.05, 4.69) is 6.92 Å². The molecule has 0 aromatic heterocycles. The van der Waals surface area contributed by atoms with Crippen LogP contribution in [0, 0.1) is 0 Å². The van der Waals surface area contributed by atoms with Crippen molar-refractivity contribution in [3.8, 4) is 11.5 Å². The molecule has 1 atom stereocenters. The number of nitrogens with two attached hydrogens (primary N) is 1. The van der Waals surface area contributed by atoms with Crippen LogP contribution in [0.5, 0.6) is 11.5 Å². The molecule has 1 unspecified atom stereocenters. The molecule has 0 saturated heterocycles. The Hall–Kier alpha value is -1.26. The molecule has 0 bridgehead atoms. The number of ether oxygens (including phenoxy) is 3. The molecule has 0 fully saturated rings. The van der Waals surface area contributed by atoms with E-state index >= 15 is 0 Å². The Balaban J connectivity index is 2.77. The number of hydrogen-bond acceptors (Lipinski definition) is 4. The molecule has 0 aliphatic heterocycles. The lowest BCUT2D eigenvalue weighted by atomic mass is 10.0. The standard InChI is InChI=1S/C15H25NO3/c1-4-13(16)11-12-7-5-8-14(18-3)15(12)19-10-6-9-17-2/h5,7-8,13H,4,6,9-11,16H2,1-3H3. The van der Waals surface area contributed by atoms with Crippen LogP contribution in [0.15, 0.2) is 18.2 Å². The fourth-order valence-corrected chi connectivity index (χ4v) is 1.85. The summed E-state index contributed by atoms with van der Waals surface area (Å²) in [5.41, 5.74) is 7.13. The van der Waals surface area contributed by atoms with E-state index in [0.717, 1.165) is 36.3 Å². The maximum atomic E-state index is 6.03. The van der Waals surface area contributed by atoms with Gasteiger partial charge in [-0.1, -0.05) is 19.1 Å². The largest absolute Gasteiger partial charge is 0.493 e. The molecule has 0 heterocycles. The molecule has 4 nitrogen and oxygen atoms in total. The highest BCUT2D eigenvalue weighted by atomic mass is 16.5. The molecule has 0 radical (unpaired) electrons. The highest BCUT2D eigenvalue weighted by molar-refractivity contribution is 5.47. The molecule has 4 heteroatoms. The topological polar surface area (TPSA) is 53.7 Å². The maximum Gasteiger partial charge on any atom is 0.164 e. The fraction of sp³-hybridized carbons (Fsp3) is 0.600. The molecular weight excluding hydrogens is 242 g/mol. The van der Waals surface area contributed by atoms with Crippen LogP contribution < -0.4 is 15.2 Å². The first kappa shape index (κ1) is 15.8. The minimum atomic E-state index is 0.147. The van der Waals surface area contributed by atoms with Crippen molar-refractivity contribution in [3.05, 3.63) is 23.8 Å². The van der Waals surface area contributed by atoms with Crippen molar-refractivity contribution >= 4 is 0 Å². The van der Waals surface area contributed by atoms with Crippen LogP contribution in [0.1, 0.15) is 25.3 Å². The molecule has 1 rings (SSSR count). The average molecular weight is 267 g/mol. The van der Waals surface area contributed by atoms with Gasteiger partial charge in [0.05, 0.1) is 13.7 Å². The molecule has 0 amide bonds. The van der Waals surface area contributed by atoms with E-state index in [1.54, 1.807) is 14.2 Å². The van der Waals surface area contributed by atoms with Gasteiger partial charge in [0.1, 0.15) is 0 Å². The van der Waals surface area contributed by atoms with E-state index in [1.165, 1.54) is 0 Å². The Bertz CT molecular complexity index is 368. The molecule has 0 saturated carbocycles. The van der Waals surface area contributed by atoms with Gasteiger partial charge in [-0.05, 0) is 24.5 Å². The quantitative estimate of drug-likeness (QED) is 0.698. The number of benzene rings is 1. The van der Waals surface area contributed by atoms with Gasteiger partial charge in [0.25, 0.3) is 0 Å². The normalized spacial score (nSPS) is 12.2. The molecule has 2 N–H and O–H groups in total. The summed E-state index contributed by atoms with van der Waals surface area (Å²) in [7, 11) is 3.34. The summed E-state index contributed by atoms with van der Waals surface area (Å²) in [4.78, 5) is 0. The van der Waals surface area contributed by atoms with E-state index in [4.69, 9.17) is 19.9 Å². The van der Waals surface area contributed by atoms with E-state index in [0.29, 0.717) is 13.2 Å². The molecule has 0 spiro atoms. The third kappa shape index (κ3) is 5.09. The van der Waals surface area contributed by atoms with Crippen molar-refractivity contribution in [2.24, 2.45) is 5.73 Å². The molecule has 1 aromatic carbocycles. The molecule has 19 heavy (non-hydrogen) atoms. The Morgan fingerprint density at radius 1 is 1.21 bits per heavy atom. The predicted molar refractivity (Wildman–Crippen MR) is 77.0 cm³/mol. The van der Waals surface area contributed by atoms with Crippen LogP contribution in [0.3, 0.4) is 0 Å². The van der Waals surface area contributed by atoms with Crippen molar-refractivity contribution in [1.29, 1.82) is 0 Å². The Morgan fingerprint density at radius 3 is 2.63 bits per heavy atom. The highest BCUT2D eigenvalue weighted by Gasteiger charge is 2.12. The van der Waals surface area contributed by atoms with E-state index in [1.807, 2.05) is 18.2 Å². The lowest BCUT2D eigenvalue weighted by Gasteiger charge is -2.17. The predicted octanol–water partition coefficient (Wildman–Crippen LogP) is 2.39. The van der Waals surface area contributed by atoms with Gasteiger partial charge >= 0.3 is 0 Å². The van der Waals surface area contributed by atoms with Crippen LogP contribution in [0.25, 0.3) is 0 Å². The van der Waals surface area contributed by atoms with Crippen molar-refractivity contribution < 1.29 is 14.2 Å². The number of para-hydroxylation sites is 1. The summed E-state index contributed by atoms with van der Waals surface area (Å²) < 4.78 is 16.2. The minimum Gasteiger partial charge on any atom is -0.493 e. The van der Waals surface area contributed by atoms with E-state index in [9.17, 15) is 0 Å². The zero-order valence-corrected chi connectivity index (χ0v) is 12.1. The number of methoxy groups -OCH3 is 2. The summed E-state index contributed by atoms with van der Waals surface area (Å²) in [6, 6.07) is 6.07. The summed E-state index contributed by atoms with van der Waals surface area (Å²) in [5.74, 6) is 1.57. The highest BCUT2D eigenvalue weighted by Crippen LogP contribution is 2.32. The second-order valence-corrected chi connectivity index (χ2v) is 4.52. The molecule has 0 aliphatic rings. The third-order valence-corrected chi connectivity index (χ3v) is 3.03.